The number of para-hydroxylation sites is 1. The van der Waals surface area contributed by atoms with Crippen LogP contribution in [-0.4, -0.2) is 50.4 Å². The molecule has 1 saturated heterocycles. The van der Waals surface area contributed by atoms with Crippen molar-refractivity contribution in [3.63, 3.8) is 0 Å². The number of amides is 2. The highest BCUT2D eigenvalue weighted by atomic mass is 16.4. The number of hydrogen-bond donors (Lipinski definition) is 1. The topological polar surface area (TPSA) is 112 Å². The van der Waals surface area contributed by atoms with Crippen LogP contribution in [0.25, 0.3) is 0 Å². The molecule has 0 unspecified atom stereocenters. The van der Waals surface area contributed by atoms with Crippen molar-refractivity contribution >= 4 is 23.2 Å². The highest BCUT2D eigenvalue weighted by Crippen LogP contribution is 2.32. The Morgan fingerprint density at radius 1 is 1.25 bits per heavy atom. The highest BCUT2D eigenvalue weighted by Gasteiger charge is 2.41. The molecule has 0 spiro atoms. The summed E-state index contributed by atoms with van der Waals surface area (Å²) in [7, 11) is 0. The molecule has 0 bridgehead atoms. The molecule has 4 rings (SSSR count). The van der Waals surface area contributed by atoms with Crippen molar-refractivity contribution in [1.82, 2.24) is 15.1 Å². The average Bonchev–Trinajstić information content (AvgIpc) is 3.35. The molecule has 0 saturated carbocycles. The number of rotatable bonds is 4. The summed E-state index contributed by atoms with van der Waals surface area (Å²) in [5.41, 5.74) is 0.887. The summed E-state index contributed by atoms with van der Waals surface area (Å²) in [6, 6.07) is 8.49. The van der Waals surface area contributed by atoms with Crippen molar-refractivity contribution in [2.24, 2.45) is 5.10 Å². The number of carbonyl (C=O) groups excluding carboxylic acids is 2. The van der Waals surface area contributed by atoms with E-state index in [4.69, 9.17) is 4.42 Å². The Balaban J connectivity index is 1.60. The van der Waals surface area contributed by atoms with Crippen molar-refractivity contribution in [1.29, 1.82) is 0 Å². The monoisotopic (exact) mass is 383 g/mol. The number of carbonyl (C=O) groups is 2. The average molecular weight is 383 g/mol. The minimum atomic E-state index is -0.679. The van der Waals surface area contributed by atoms with E-state index in [2.05, 4.69) is 15.3 Å². The van der Waals surface area contributed by atoms with Gasteiger partial charge in [0.05, 0.1) is 11.8 Å². The molecule has 2 amide bonds. The van der Waals surface area contributed by atoms with Gasteiger partial charge in [0.15, 0.2) is 0 Å². The zero-order valence-electron chi connectivity index (χ0n) is 15.5. The van der Waals surface area contributed by atoms with Crippen LogP contribution < -0.4 is 5.01 Å². The largest absolute Gasteiger partial charge is 0.423 e. The summed E-state index contributed by atoms with van der Waals surface area (Å²) in [6.45, 7) is 2.06. The predicted octanol–water partition coefficient (Wildman–Crippen LogP) is 1.45. The fraction of sp³-hybridized carbons (Fsp3) is 0.421. The van der Waals surface area contributed by atoms with Gasteiger partial charge < -0.3 is 14.4 Å². The molecule has 9 nitrogen and oxygen atoms in total. The maximum atomic E-state index is 13.1. The first-order chi connectivity index (χ1) is 13.6. The van der Waals surface area contributed by atoms with Crippen LogP contribution in [0, 0.1) is 0 Å². The predicted molar refractivity (Wildman–Crippen MR) is 99.4 cm³/mol. The molecule has 146 valence electrons. The van der Waals surface area contributed by atoms with E-state index < -0.39 is 12.1 Å². The first kappa shape index (κ1) is 18.3. The normalized spacial score (nSPS) is 22.5. The maximum Gasteiger partial charge on any atom is 0.270 e. The minimum absolute atomic E-state index is 0.158. The molecule has 0 radical (unpaired) electrons. The Kier molecular flexibility index (Phi) is 4.91. The second-order valence-corrected chi connectivity index (χ2v) is 6.84. The molecule has 2 aliphatic heterocycles. The third kappa shape index (κ3) is 3.40. The van der Waals surface area contributed by atoms with Gasteiger partial charge in [0.25, 0.3) is 5.91 Å². The summed E-state index contributed by atoms with van der Waals surface area (Å²) >= 11 is 0. The van der Waals surface area contributed by atoms with E-state index in [0.717, 1.165) is 0 Å². The molecule has 2 aromatic rings. The summed E-state index contributed by atoms with van der Waals surface area (Å²) in [4.78, 5) is 26.9. The third-order valence-corrected chi connectivity index (χ3v) is 4.89. The molecule has 1 N–H and O–H groups in total. The highest BCUT2D eigenvalue weighted by molar-refractivity contribution is 6.40. The van der Waals surface area contributed by atoms with Crippen molar-refractivity contribution in [2.45, 2.75) is 44.8 Å². The van der Waals surface area contributed by atoms with Gasteiger partial charge in [-0.25, -0.2) is 5.01 Å². The third-order valence-electron chi connectivity index (χ3n) is 4.89. The number of hydrogen-bond acceptors (Lipinski definition) is 7. The van der Waals surface area contributed by atoms with E-state index in [1.807, 2.05) is 25.1 Å². The Bertz CT molecular complexity index is 910. The lowest BCUT2D eigenvalue weighted by Crippen LogP contribution is -2.41. The standard InChI is InChI=1S/C19H21N5O4/c1-2-16-20-21-18(28-16)15-10-13(25)11-23(15)19(27)14-8-9-17(26)24(22-14)12-6-4-3-5-7-12/h3-7,13,15,25H,2,8-11H2,1H3/t13-,15-/m1/s1. The second kappa shape index (κ2) is 7.51. The van der Waals surface area contributed by atoms with Gasteiger partial charge in [-0.15, -0.1) is 10.2 Å². The maximum absolute atomic E-state index is 13.1. The van der Waals surface area contributed by atoms with Crippen LogP contribution >= 0.6 is 0 Å². The van der Waals surface area contributed by atoms with Gasteiger partial charge in [-0.1, -0.05) is 25.1 Å². The molecule has 1 aromatic carbocycles. The fourth-order valence-electron chi connectivity index (χ4n) is 3.46. The number of β-amino-alcohol motifs (C(OH)–C–C–N with tert-alkyl or cyclic N) is 1. The summed E-state index contributed by atoms with van der Waals surface area (Å²) in [5.74, 6) is 0.310. The van der Waals surface area contributed by atoms with E-state index in [1.54, 1.807) is 12.1 Å². The number of anilines is 1. The van der Waals surface area contributed by atoms with Gasteiger partial charge in [0.2, 0.25) is 17.7 Å². The Morgan fingerprint density at radius 2 is 2.04 bits per heavy atom. The smallest absolute Gasteiger partial charge is 0.270 e. The number of hydrazone groups is 1. The molecule has 28 heavy (non-hydrogen) atoms. The molecule has 9 heteroatoms. The molecule has 2 aliphatic rings. The number of nitrogens with zero attached hydrogens (tertiary/aromatic N) is 5. The molecule has 1 fully saturated rings. The van der Waals surface area contributed by atoms with Crippen molar-refractivity contribution in [3.05, 3.63) is 42.1 Å². The lowest BCUT2D eigenvalue weighted by Gasteiger charge is -2.27. The molecule has 2 atom stereocenters. The van der Waals surface area contributed by atoms with Gasteiger partial charge in [-0.05, 0) is 12.1 Å². The van der Waals surface area contributed by atoms with Crippen LogP contribution in [0.15, 0.2) is 39.9 Å². The lowest BCUT2D eigenvalue weighted by molar-refractivity contribution is -0.126. The molecule has 1 aromatic heterocycles. The summed E-state index contributed by atoms with van der Waals surface area (Å²) < 4.78 is 5.61. The Labute approximate surface area is 161 Å². The van der Waals surface area contributed by atoms with Crippen LogP contribution in [0.2, 0.25) is 0 Å². The quantitative estimate of drug-likeness (QED) is 0.855. The molecular weight excluding hydrogens is 362 g/mol. The molecule has 3 heterocycles. The van der Waals surface area contributed by atoms with Crippen LogP contribution in [0.3, 0.4) is 0 Å². The van der Waals surface area contributed by atoms with E-state index in [9.17, 15) is 14.7 Å². The zero-order valence-corrected chi connectivity index (χ0v) is 15.5. The van der Waals surface area contributed by atoms with Crippen LogP contribution in [0.5, 0.6) is 0 Å². The Morgan fingerprint density at radius 3 is 2.75 bits per heavy atom. The van der Waals surface area contributed by atoms with Gasteiger partial charge in [-0.3, -0.25) is 9.59 Å². The molecule has 0 aliphatic carbocycles. The van der Waals surface area contributed by atoms with Gasteiger partial charge in [-0.2, -0.15) is 5.10 Å². The van der Waals surface area contributed by atoms with E-state index in [-0.39, 0.29) is 36.9 Å². The lowest BCUT2D eigenvalue weighted by atomic mass is 10.1. The van der Waals surface area contributed by atoms with E-state index in [1.165, 1.54) is 9.91 Å². The summed E-state index contributed by atoms with van der Waals surface area (Å²) in [6.07, 6.45) is 0.691. The van der Waals surface area contributed by atoms with Crippen LogP contribution in [-0.2, 0) is 16.0 Å². The first-order valence-electron chi connectivity index (χ1n) is 9.33. The van der Waals surface area contributed by atoms with Crippen LogP contribution in [0.4, 0.5) is 5.69 Å². The number of aliphatic hydroxyl groups is 1. The number of aryl methyl sites for hydroxylation is 1. The van der Waals surface area contributed by atoms with Gasteiger partial charge in [0, 0.05) is 32.2 Å². The number of aromatic nitrogens is 2. The van der Waals surface area contributed by atoms with Gasteiger partial charge in [0.1, 0.15) is 11.8 Å². The number of likely N-dealkylation sites (tertiary alicyclic amines) is 1. The number of benzene rings is 1. The van der Waals surface area contributed by atoms with E-state index in [0.29, 0.717) is 30.3 Å². The summed E-state index contributed by atoms with van der Waals surface area (Å²) in [5, 5.41) is 23.7. The van der Waals surface area contributed by atoms with Crippen molar-refractivity contribution in [3.8, 4) is 0 Å². The first-order valence-corrected chi connectivity index (χ1v) is 9.33. The molecular formula is C19H21N5O4. The minimum Gasteiger partial charge on any atom is -0.423 e. The van der Waals surface area contributed by atoms with Crippen molar-refractivity contribution in [2.75, 3.05) is 11.6 Å². The van der Waals surface area contributed by atoms with Gasteiger partial charge >= 0.3 is 0 Å². The Hall–Kier alpha value is -3.07. The SMILES string of the molecule is CCc1nnc([C@H]2C[C@@H](O)CN2C(=O)C2=NN(c3ccccc3)C(=O)CC2)o1. The van der Waals surface area contributed by atoms with E-state index >= 15 is 0 Å². The number of aliphatic hydroxyl groups excluding tert-OH is 1. The van der Waals surface area contributed by atoms with Crippen molar-refractivity contribution < 1.29 is 19.1 Å². The van der Waals surface area contributed by atoms with Crippen LogP contribution in [0.1, 0.15) is 44.0 Å². The zero-order chi connectivity index (χ0) is 19.7. The second-order valence-electron chi connectivity index (χ2n) is 6.84. The fourth-order valence-corrected chi connectivity index (χ4v) is 3.46.